The van der Waals surface area contributed by atoms with Gasteiger partial charge in [0.15, 0.2) is 0 Å². The molecule has 0 spiro atoms. The van der Waals surface area contributed by atoms with Crippen molar-refractivity contribution in [3.05, 3.63) is 33.8 Å². The number of nitrogens with one attached hydrogen (secondary N) is 1. The van der Waals surface area contributed by atoms with Gasteiger partial charge < -0.3 is 5.32 Å². The van der Waals surface area contributed by atoms with E-state index in [2.05, 4.69) is 24.1 Å². The number of rotatable bonds is 6. The second kappa shape index (κ2) is 8.91. The van der Waals surface area contributed by atoms with Gasteiger partial charge in [0.2, 0.25) is 5.91 Å². The van der Waals surface area contributed by atoms with E-state index in [1.54, 1.807) is 6.07 Å². The highest BCUT2D eigenvalue weighted by molar-refractivity contribution is 6.35. The Morgan fingerprint density at radius 1 is 1.43 bits per heavy atom. The highest BCUT2D eigenvalue weighted by Gasteiger charge is 2.26. The number of benzene rings is 1. The van der Waals surface area contributed by atoms with Gasteiger partial charge in [0.25, 0.3) is 0 Å². The zero-order valence-electron chi connectivity index (χ0n) is 13.9. The van der Waals surface area contributed by atoms with Gasteiger partial charge in [-0.2, -0.15) is 0 Å². The fourth-order valence-corrected chi connectivity index (χ4v) is 3.64. The minimum absolute atomic E-state index is 0.0779. The van der Waals surface area contributed by atoms with Crippen molar-refractivity contribution in [2.45, 2.75) is 52.1 Å². The van der Waals surface area contributed by atoms with Crippen LogP contribution in [-0.2, 0) is 11.3 Å². The number of likely N-dealkylation sites (tertiary alicyclic amines) is 1. The largest absolute Gasteiger partial charge is 0.353 e. The molecule has 5 heteroatoms. The molecule has 0 aromatic heterocycles. The number of amides is 1. The minimum atomic E-state index is 0.0779. The highest BCUT2D eigenvalue weighted by Crippen LogP contribution is 2.25. The van der Waals surface area contributed by atoms with Crippen molar-refractivity contribution in [2.24, 2.45) is 5.92 Å². The van der Waals surface area contributed by atoms with Gasteiger partial charge in [-0.25, -0.2) is 0 Å². The van der Waals surface area contributed by atoms with Crippen molar-refractivity contribution in [1.82, 2.24) is 10.2 Å². The Bertz CT molecular complexity index is 536. The molecular formula is C18H26Cl2N2O. The van der Waals surface area contributed by atoms with Gasteiger partial charge in [-0.1, -0.05) is 42.6 Å². The fraction of sp³-hybridized carbons (Fsp3) is 0.611. The summed E-state index contributed by atoms with van der Waals surface area (Å²) in [5.41, 5.74) is 1.07. The van der Waals surface area contributed by atoms with Gasteiger partial charge in [-0.15, -0.1) is 0 Å². The summed E-state index contributed by atoms with van der Waals surface area (Å²) in [6, 6.07) is 5.87. The van der Waals surface area contributed by atoms with Crippen LogP contribution in [0.4, 0.5) is 0 Å². The summed E-state index contributed by atoms with van der Waals surface area (Å²) in [5, 5.41) is 4.49. The van der Waals surface area contributed by atoms with Crippen LogP contribution >= 0.6 is 23.2 Å². The number of nitrogens with zero attached hydrogens (tertiary/aromatic N) is 1. The van der Waals surface area contributed by atoms with E-state index in [4.69, 9.17) is 23.2 Å². The van der Waals surface area contributed by atoms with Crippen molar-refractivity contribution < 1.29 is 4.79 Å². The van der Waals surface area contributed by atoms with Gasteiger partial charge in [0.1, 0.15) is 0 Å². The molecule has 0 radical (unpaired) electrons. The summed E-state index contributed by atoms with van der Waals surface area (Å²) in [5.74, 6) is 0.270. The molecule has 1 aliphatic heterocycles. The number of hydrogen-bond acceptors (Lipinski definition) is 2. The molecule has 1 aromatic carbocycles. The Morgan fingerprint density at radius 3 is 2.91 bits per heavy atom. The zero-order chi connectivity index (χ0) is 16.8. The Hall–Kier alpha value is -0.770. The summed E-state index contributed by atoms with van der Waals surface area (Å²) in [6.07, 6.45) is 4.14. The monoisotopic (exact) mass is 356 g/mol. The lowest BCUT2D eigenvalue weighted by molar-refractivity contribution is -0.127. The van der Waals surface area contributed by atoms with Gasteiger partial charge in [-0.05, 0) is 50.4 Å². The van der Waals surface area contributed by atoms with Crippen LogP contribution in [-0.4, -0.2) is 29.9 Å². The first-order valence-electron chi connectivity index (χ1n) is 8.46. The Kier molecular flexibility index (Phi) is 7.19. The third kappa shape index (κ3) is 5.66. The molecule has 1 N–H and O–H groups in total. The molecule has 23 heavy (non-hydrogen) atoms. The van der Waals surface area contributed by atoms with E-state index in [9.17, 15) is 4.79 Å². The summed E-state index contributed by atoms with van der Waals surface area (Å²) in [6.45, 7) is 6.79. The standard InChI is InChI=1S/C18H26Cl2N2O/c1-3-5-13(2)21-18(23)15-6-4-9-22(12-15)11-14-7-8-16(19)10-17(14)20/h7-8,10,13,15H,3-6,9,11-12H2,1-2H3,(H,21,23)/t13-,15-/m0/s1. The maximum absolute atomic E-state index is 12.4. The highest BCUT2D eigenvalue weighted by atomic mass is 35.5. The Morgan fingerprint density at radius 2 is 2.22 bits per heavy atom. The number of piperidine rings is 1. The molecule has 1 aliphatic rings. The predicted molar refractivity (Wildman–Crippen MR) is 97.0 cm³/mol. The smallest absolute Gasteiger partial charge is 0.224 e. The summed E-state index contributed by atoms with van der Waals surface area (Å²) < 4.78 is 0. The van der Waals surface area contributed by atoms with Crippen LogP contribution in [0.15, 0.2) is 18.2 Å². The lowest BCUT2D eigenvalue weighted by Crippen LogP contribution is -2.45. The second-order valence-corrected chi connectivity index (χ2v) is 7.35. The number of carbonyl (C=O) groups is 1. The molecule has 0 bridgehead atoms. The van der Waals surface area contributed by atoms with Gasteiger partial charge in [0.05, 0.1) is 5.92 Å². The third-order valence-electron chi connectivity index (χ3n) is 4.40. The van der Waals surface area contributed by atoms with Crippen LogP contribution in [0.2, 0.25) is 10.0 Å². The van der Waals surface area contributed by atoms with Crippen LogP contribution in [0.5, 0.6) is 0 Å². The molecule has 1 saturated heterocycles. The van der Waals surface area contributed by atoms with Crippen molar-refractivity contribution in [3.63, 3.8) is 0 Å². The lowest BCUT2D eigenvalue weighted by Gasteiger charge is -2.32. The second-order valence-electron chi connectivity index (χ2n) is 6.51. The molecule has 128 valence electrons. The van der Waals surface area contributed by atoms with Gasteiger partial charge in [0, 0.05) is 29.2 Å². The van der Waals surface area contributed by atoms with E-state index in [0.717, 1.165) is 50.9 Å². The SMILES string of the molecule is CCC[C@H](C)NC(=O)[C@H]1CCCN(Cc2ccc(Cl)cc2Cl)C1. The fourth-order valence-electron chi connectivity index (χ4n) is 3.17. The van der Waals surface area contributed by atoms with E-state index in [1.807, 2.05) is 12.1 Å². The predicted octanol–water partition coefficient (Wildman–Crippen LogP) is 4.51. The van der Waals surface area contributed by atoms with Crippen molar-refractivity contribution in [3.8, 4) is 0 Å². The molecule has 2 rings (SSSR count). The maximum Gasteiger partial charge on any atom is 0.224 e. The Labute approximate surface area is 149 Å². The molecule has 1 fully saturated rings. The van der Waals surface area contributed by atoms with Crippen LogP contribution in [0.1, 0.15) is 45.1 Å². The molecule has 0 aliphatic carbocycles. The van der Waals surface area contributed by atoms with E-state index in [0.29, 0.717) is 10.0 Å². The van der Waals surface area contributed by atoms with Crippen molar-refractivity contribution >= 4 is 29.1 Å². The normalized spacial score (nSPS) is 20.3. The van der Waals surface area contributed by atoms with Crippen LogP contribution < -0.4 is 5.32 Å². The average molecular weight is 357 g/mol. The molecule has 0 saturated carbocycles. The quantitative estimate of drug-likeness (QED) is 0.812. The Balaban J connectivity index is 1.91. The molecule has 3 nitrogen and oxygen atoms in total. The van der Waals surface area contributed by atoms with Crippen molar-refractivity contribution in [1.29, 1.82) is 0 Å². The molecular weight excluding hydrogens is 331 g/mol. The first kappa shape index (κ1) is 18.6. The minimum Gasteiger partial charge on any atom is -0.353 e. The molecule has 2 atom stereocenters. The molecule has 1 aromatic rings. The first-order chi connectivity index (χ1) is 11.0. The van der Waals surface area contributed by atoms with Crippen LogP contribution in [0, 0.1) is 5.92 Å². The first-order valence-corrected chi connectivity index (χ1v) is 9.21. The molecule has 1 amide bonds. The lowest BCUT2D eigenvalue weighted by atomic mass is 9.96. The third-order valence-corrected chi connectivity index (χ3v) is 4.98. The average Bonchev–Trinajstić information content (AvgIpc) is 2.50. The summed E-state index contributed by atoms with van der Waals surface area (Å²) in [7, 11) is 0. The topological polar surface area (TPSA) is 32.3 Å². The van der Waals surface area contributed by atoms with E-state index >= 15 is 0 Å². The zero-order valence-corrected chi connectivity index (χ0v) is 15.5. The van der Waals surface area contributed by atoms with E-state index in [-0.39, 0.29) is 17.9 Å². The maximum atomic E-state index is 12.4. The summed E-state index contributed by atoms with van der Waals surface area (Å²) >= 11 is 12.2. The van der Waals surface area contributed by atoms with Crippen LogP contribution in [0.3, 0.4) is 0 Å². The number of carbonyl (C=O) groups excluding carboxylic acids is 1. The van der Waals surface area contributed by atoms with Crippen LogP contribution in [0.25, 0.3) is 0 Å². The molecule has 0 unspecified atom stereocenters. The van der Waals surface area contributed by atoms with E-state index in [1.165, 1.54) is 0 Å². The summed E-state index contributed by atoms with van der Waals surface area (Å²) in [4.78, 5) is 14.7. The van der Waals surface area contributed by atoms with Gasteiger partial charge >= 0.3 is 0 Å². The number of hydrogen-bond donors (Lipinski definition) is 1. The van der Waals surface area contributed by atoms with Gasteiger partial charge in [-0.3, -0.25) is 9.69 Å². The number of halogens is 2. The molecule has 1 heterocycles. The van der Waals surface area contributed by atoms with E-state index < -0.39 is 0 Å². The van der Waals surface area contributed by atoms with Crippen molar-refractivity contribution in [2.75, 3.05) is 13.1 Å².